The van der Waals surface area contributed by atoms with Crippen molar-refractivity contribution < 1.29 is 4.79 Å². The summed E-state index contributed by atoms with van der Waals surface area (Å²) >= 11 is 1.69. The van der Waals surface area contributed by atoms with Crippen molar-refractivity contribution in [3.63, 3.8) is 0 Å². The van der Waals surface area contributed by atoms with E-state index in [0.717, 1.165) is 31.9 Å². The Labute approximate surface area is 141 Å². The maximum atomic E-state index is 12.5. The quantitative estimate of drug-likeness (QED) is 0.935. The van der Waals surface area contributed by atoms with Gasteiger partial charge in [-0.25, -0.2) is 4.98 Å². The molecule has 1 atom stereocenters. The highest BCUT2D eigenvalue weighted by molar-refractivity contribution is 7.09. The van der Waals surface area contributed by atoms with E-state index in [9.17, 15) is 4.79 Å². The van der Waals surface area contributed by atoms with Gasteiger partial charge in [-0.15, -0.1) is 11.3 Å². The number of aromatic nitrogens is 2. The normalized spacial score (nSPS) is 18.7. The van der Waals surface area contributed by atoms with E-state index < -0.39 is 0 Å². The fraction of sp³-hybridized carbons (Fsp3) is 0.529. The molecular weight excluding hydrogens is 308 g/mol. The van der Waals surface area contributed by atoms with Crippen LogP contribution in [0, 0.1) is 12.8 Å². The van der Waals surface area contributed by atoms with E-state index in [-0.39, 0.29) is 17.9 Å². The van der Waals surface area contributed by atoms with Crippen molar-refractivity contribution in [1.29, 1.82) is 0 Å². The molecule has 0 aliphatic carbocycles. The molecule has 1 aliphatic rings. The Morgan fingerprint density at radius 2 is 2.30 bits per heavy atom. The van der Waals surface area contributed by atoms with Crippen LogP contribution < -0.4 is 5.32 Å². The van der Waals surface area contributed by atoms with E-state index >= 15 is 0 Å². The van der Waals surface area contributed by atoms with Crippen molar-refractivity contribution >= 4 is 17.2 Å². The lowest BCUT2D eigenvalue weighted by Gasteiger charge is -2.23. The number of hydrogen-bond donors (Lipinski definition) is 1. The highest BCUT2D eigenvalue weighted by atomic mass is 32.1. The number of nitrogens with one attached hydrogen (secondary N) is 1. The second-order valence-corrected chi connectivity index (χ2v) is 7.48. The summed E-state index contributed by atoms with van der Waals surface area (Å²) in [6.07, 6.45) is 2.08. The van der Waals surface area contributed by atoms with Crippen LogP contribution >= 0.6 is 11.3 Å². The lowest BCUT2D eigenvalue weighted by atomic mass is 10.1. The van der Waals surface area contributed by atoms with Crippen LogP contribution in [0.2, 0.25) is 0 Å². The van der Waals surface area contributed by atoms with Crippen molar-refractivity contribution in [3.8, 4) is 0 Å². The summed E-state index contributed by atoms with van der Waals surface area (Å²) in [6, 6.07) is 4.38. The van der Waals surface area contributed by atoms with Gasteiger partial charge in [0.1, 0.15) is 0 Å². The predicted octanol–water partition coefficient (Wildman–Crippen LogP) is 2.41. The van der Waals surface area contributed by atoms with Crippen LogP contribution in [-0.4, -0.2) is 32.9 Å². The minimum atomic E-state index is -0.0284. The number of hydrogen-bond acceptors (Lipinski definition) is 4. The van der Waals surface area contributed by atoms with Gasteiger partial charge < -0.3 is 9.88 Å². The predicted molar refractivity (Wildman–Crippen MR) is 92.2 cm³/mol. The molecule has 5 nitrogen and oxygen atoms in total. The first-order chi connectivity index (χ1) is 11.0. The van der Waals surface area contributed by atoms with Crippen LogP contribution in [-0.2, 0) is 24.4 Å². The number of thiazole rings is 1. The molecule has 0 aromatic carbocycles. The smallest absolute Gasteiger partial charge is 0.226 e. The van der Waals surface area contributed by atoms with Crippen LogP contribution in [0.4, 0.5) is 0 Å². The first-order valence-corrected chi connectivity index (χ1v) is 8.96. The fourth-order valence-electron chi connectivity index (χ4n) is 3.04. The van der Waals surface area contributed by atoms with E-state index in [1.165, 1.54) is 10.6 Å². The highest BCUT2D eigenvalue weighted by Gasteiger charge is 2.27. The van der Waals surface area contributed by atoms with Crippen molar-refractivity contribution in [2.75, 3.05) is 6.54 Å². The number of carbonyl (C=O) groups is 1. The molecule has 1 aliphatic heterocycles. The van der Waals surface area contributed by atoms with Gasteiger partial charge in [-0.3, -0.25) is 9.69 Å². The molecule has 124 valence electrons. The minimum absolute atomic E-state index is 0.0284. The molecule has 23 heavy (non-hydrogen) atoms. The van der Waals surface area contributed by atoms with E-state index in [0.29, 0.717) is 0 Å². The fourth-order valence-corrected chi connectivity index (χ4v) is 3.86. The van der Waals surface area contributed by atoms with Gasteiger partial charge >= 0.3 is 0 Å². The topological polar surface area (TPSA) is 50.2 Å². The molecule has 1 unspecified atom stereocenters. The molecule has 3 heterocycles. The Balaban J connectivity index is 1.80. The van der Waals surface area contributed by atoms with Gasteiger partial charge in [-0.2, -0.15) is 0 Å². The molecule has 0 saturated carbocycles. The average molecular weight is 332 g/mol. The summed E-state index contributed by atoms with van der Waals surface area (Å²) in [5.74, 6) is 0.117. The molecule has 6 heteroatoms. The SMILES string of the molecule is Cc1ncsc1CN1Cc2cccn2CC(C(=O)NC(C)C)C1. The zero-order valence-electron chi connectivity index (χ0n) is 14.0. The third-order valence-electron chi connectivity index (χ3n) is 4.22. The Hall–Kier alpha value is -1.66. The van der Waals surface area contributed by atoms with Gasteiger partial charge in [0.25, 0.3) is 0 Å². The summed E-state index contributed by atoms with van der Waals surface area (Å²) in [5, 5.41) is 3.07. The molecule has 2 aromatic rings. The summed E-state index contributed by atoms with van der Waals surface area (Å²) in [7, 11) is 0. The number of nitrogens with zero attached hydrogens (tertiary/aromatic N) is 3. The maximum Gasteiger partial charge on any atom is 0.226 e. The number of carbonyl (C=O) groups excluding carboxylic acids is 1. The molecule has 0 spiro atoms. The van der Waals surface area contributed by atoms with Gasteiger partial charge in [-0.05, 0) is 32.9 Å². The van der Waals surface area contributed by atoms with E-state index in [1.807, 2.05) is 19.4 Å². The van der Waals surface area contributed by atoms with E-state index in [2.05, 4.69) is 45.0 Å². The molecule has 3 rings (SSSR count). The van der Waals surface area contributed by atoms with Crippen LogP contribution in [0.25, 0.3) is 0 Å². The second kappa shape index (κ2) is 6.84. The largest absolute Gasteiger partial charge is 0.354 e. The van der Waals surface area contributed by atoms with Crippen LogP contribution in [0.3, 0.4) is 0 Å². The number of fused-ring (bicyclic) bond motifs is 1. The van der Waals surface area contributed by atoms with E-state index in [4.69, 9.17) is 0 Å². The van der Waals surface area contributed by atoms with Gasteiger partial charge in [-0.1, -0.05) is 0 Å². The van der Waals surface area contributed by atoms with Gasteiger partial charge in [0.2, 0.25) is 5.91 Å². The molecule has 0 fully saturated rings. The first kappa shape index (κ1) is 16.2. The molecule has 2 aromatic heterocycles. The van der Waals surface area contributed by atoms with Crippen molar-refractivity contribution in [3.05, 3.63) is 40.1 Å². The van der Waals surface area contributed by atoms with Crippen molar-refractivity contribution in [2.24, 2.45) is 5.92 Å². The minimum Gasteiger partial charge on any atom is -0.354 e. The summed E-state index contributed by atoms with van der Waals surface area (Å²) in [5.41, 5.74) is 4.26. The van der Waals surface area contributed by atoms with Crippen LogP contribution in [0.5, 0.6) is 0 Å². The Morgan fingerprint density at radius 1 is 1.48 bits per heavy atom. The lowest BCUT2D eigenvalue weighted by Crippen LogP contribution is -2.41. The monoisotopic (exact) mass is 332 g/mol. The van der Waals surface area contributed by atoms with Gasteiger partial charge in [0.15, 0.2) is 0 Å². The number of aryl methyl sites for hydroxylation is 1. The summed E-state index contributed by atoms with van der Waals surface area (Å²) in [6.45, 7) is 9.32. The van der Waals surface area contributed by atoms with E-state index in [1.54, 1.807) is 11.3 Å². The van der Waals surface area contributed by atoms with Crippen molar-refractivity contribution in [2.45, 2.75) is 46.4 Å². The third-order valence-corrected chi connectivity index (χ3v) is 5.14. The van der Waals surface area contributed by atoms with Crippen LogP contribution in [0.1, 0.15) is 30.1 Å². The van der Waals surface area contributed by atoms with Gasteiger partial charge in [0.05, 0.1) is 17.1 Å². The van der Waals surface area contributed by atoms with Gasteiger partial charge in [0, 0.05) is 49.0 Å². The Morgan fingerprint density at radius 3 is 3.00 bits per heavy atom. The maximum absolute atomic E-state index is 12.5. The zero-order chi connectivity index (χ0) is 16.4. The standard InChI is InChI=1S/C17H24N4OS/c1-12(2)19-17(22)14-7-20(10-16-13(3)18-11-23-16)9-15-5-4-6-21(15)8-14/h4-6,11-12,14H,7-10H2,1-3H3,(H,19,22). The molecule has 0 bridgehead atoms. The molecule has 0 saturated heterocycles. The Kier molecular flexibility index (Phi) is 4.82. The zero-order valence-corrected chi connectivity index (χ0v) is 14.8. The van der Waals surface area contributed by atoms with Crippen LogP contribution in [0.15, 0.2) is 23.8 Å². The number of amides is 1. The first-order valence-electron chi connectivity index (χ1n) is 8.08. The Bertz CT molecular complexity index is 676. The average Bonchev–Trinajstić information content (AvgIpc) is 3.03. The second-order valence-electron chi connectivity index (χ2n) is 6.54. The molecule has 0 radical (unpaired) electrons. The highest BCUT2D eigenvalue weighted by Crippen LogP contribution is 2.22. The number of rotatable bonds is 4. The third kappa shape index (κ3) is 3.82. The lowest BCUT2D eigenvalue weighted by molar-refractivity contribution is -0.126. The van der Waals surface area contributed by atoms with Crippen molar-refractivity contribution in [1.82, 2.24) is 19.8 Å². The molecular formula is C17H24N4OS. The molecule has 1 N–H and O–H groups in total. The summed E-state index contributed by atoms with van der Waals surface area (Å²) < 4.78 is 2.21. The summed E-state index contributed by atoms with van der Waals surface area (Å²) in [4.78, 5) is 20.5. The molecule has 1 amide bonds.